The molecule has 19 heavy (non-hydrogen) atoms. The van der Waals surface area contributed by atoms with E-state index in [-0.39, 0.29) is 12.2 Å². The molecular formula is C15H17BrN2O. The van der Waals surface area contributed by atoms with Crippen LogP contribution >= 0.6 is 15.9 Å². The lowest BCUT2D eigenvalue weighted by Gasteiger charge is -2.36. The molecule has 2 unspecified atom stereocenters. The molecular weight excluding hydrogens is 304 g/mol. The topological polar surface area (TPSA) is 25.4 Å². The van der Waals surface area contributed by atoms with Crippen molar-refractivity contribution in [3.63, 3.8) is 0 Å². The molecule has 3 rings (SSSR count). The number of halogens is 1. The molecule has 1 saturated heterocycles. The highest BCUT2D eigenvalue weighted by molar-refractivity contribution is 9.10. The standard InChI is InChI=1S/C15H17BrN2O/c1-10-8-18(9-11(2)19-10)15-6-4-12-3-5-13(16)7-14(12)17-15/h3-7,10-11H,8-9H2,1-2H3. The third kappa shape index (κ3) is 2.74. The van der Waals surface area contributed by atoms with E-state index in [0.29, 0.717) is 0 Å². The van der Waals surface area contributed by atoms with Gasteiger partial charge in [0, 0.05) is 22.9 Å². The molecule has 3 nitrogen and oxygen atoms in total. The molecule has 1 aliphatic heterocycles. The van der Waals surface area contributed by atoms with Crippen LogP contribution in [0.1, 0.15) is 13.8 Å². The molecule has 0 radical (unpaired) electrons. The van der Waals surface area contributed by atoms with Crippen LogP contribution in [-0.4, -0.2) is 30.3 Å². The number of hydrogen-bond acceptors (Lipinski definition) is 3. The molecule has 0 spiro atoms. The van der Waals surface area contributed by atoms with Crippen LogP contribution in [0.3, 0.4) is 0 Å². The van der Waals surface area contributed by atoms with E-state index in [0.717, 1.165) is 28.9 Å². The van der Waals surface area contributed by atoms with Gasteiger partial charge in [-0.1, -0.05) is 22.0 Å². The summed E-state index contributed by atoms with van der Waals surface area (Å²) in [6, 6.07) is 10.4. The summed E-state index contributed by atoms with van der Waals surface area (Å²) < 4.78 is 6.83. The van der Waals surface area contributed by atoms with Crippen molar-refractivity contribution in [1.82, 2.24) is 4.98 Å². The number of fused-ring (bicyclic) bond motifs is 1. The second kappa shape index (κ2) is 5.10. The normalized spacial score (nSPS) is 23.8. The van der Waals surface area contributed by atoms with Gasteiger partial charge in [0.2, 0.25) is 0 Å². The zero-order valence-corrected chi connectivity index (χ0v) is 12.7. The van der Waals surface area contributed by atoms with E-state index in [4.69, 9.17) is 9.72 Å². The fourth-order valence-corrected chi connectivity index (χ4v) is 2.97. The van der Waals surface area contributed by atoms with E-state index in [9.17, 15) is 0 Å². The number of morpholine rings is 1. The zero-order valence-electron chi connectivity index (χ0n) is 11.1. The number of pyridine rings is 1. The first kappa shape index (κ1) is 12.9. The number of benzene rings is 1. The second-order valence-electron chi connectivity index (χ2n) is 5.17. The molecule has 1 fully saturated rings. The minimum Gasteiger partial charge on any atom is -0.372 e. The largest absolute Gasteiger partial charge is 0.372 e. The summed E-state index contributed by atoms with van der Waals surface area (Å²) in [6.07, 6.45) is 0.507. The van der Waals surface area contributed by atoms with Crippen molar-refractivity contribution in [2.45, 2.75) is 26.1 Å². The van der Waals surface area contributed by atoms with Gasteiger partial charge in [0.25, 0.3) is 0 Å². The van der Waals surface area contributed by atoms with Gasteiger partial charge in [0.1, 0.15) is 5.82 Å². The van der Waals surface area contributed by atoms with Gasteiger partial charge < -0.3 is 9.64 Å². The van der Waals surface area contributed by atoms with Crippen molar-refractivity contribution < 1.29 is 4.74 Å². The molecule has 100 valence electrons. The SMILES string of the molecule is CC1CN(c2ccc3ccc(Br)cc3n2)CC(C)O1. The Morgan fingerprint density at radius 3 is 2.58 bits per heavy atom. The number of ether oxygens (including phenoxy) is 1. The number of rotatable bonds is 1. The van der Waals surface area contributed by atoms with Crippen LogP contribution in [0.2, 0.25) is 0 Å². The van der Waals surface area contributed by atoms with Crippen LogP contribution in [0.25, 0.3) is 10.9 Å². The van der Waals surface area contributed by atoms with Gasteiger partial charge in [-0.3, -0.25) is 0 Å². The highest BCUT2D eigenvalue weighted by atomic mass is 79.9. The van der Waals surface area contributed by atoms with Crippen LogP contribution in [-0.2, 0) is 4.74 Å². The van der Waals surface area contributed by atoms with Gasteiger partial charge >= 0.3 is 0 Å². The average molecular weight is 321 g/mol. The molecule has 1 aliphatic rings. The molecule has 4 heteroatoms. The van der Waals surface area contributed by atoms with Crippen LogP contribution in [0.5, 0.6) is 0 Å². The van der Waals surface area contributed by atoms with E-state index in [1.807, 2.05) is 6.07 Å². The number of anilines is 1. The van der Waals surface area contributed by atoms with Gasteiger partial charge in [-0.25, -0.2) is 4.98 Å². The summed E-state index contributed by atoms with van der Waals surface area (Å²) in [7, 11) is 0. The summed E-state index contributed by atoms with van der Waals surface area (Å²) >= 11 is 3.50. The van der Waals surface area contributed by atoms with E-state index in [1.54, 1.807) is 0 Å². The maximum atomic E-state index is 5.77. The van der Waals surface area contributed by atoms with Crippen LogP contribution in [0.4, 0.5) is 5.82 Å². The summed E-state index contributed by atoms with van der Waals surface area (Å²) in [6.45, 7) is 6.02. The summed E-state index contributed by atoms with van der Waals surface area (Å²) in [5.74, 6) is 1.03. The van der Waals surface area contributed by atoms with E-state index >= 15 is 0 Å². The molecule has 2 aromatic rings. The van der Waals surface area contributed by atoms with Gasteiger partial charge in [-0.15, -0.1) is 0 Å². The smallest absolute Gasteiger partial charge is 0.129 e. The van der Waals surface area contributed by atoms with E-state index < -0.39 is 0 Å². The van der Waals surface area contributed by atoms with Crippen molar-refractivity contribution in [3.8, 4) is 0 Å². The van der Waals surface area contributed by atoms with Crippen molar-refractivity contribution in [3.05, 3.63) is 34.8 Å². The summed E-state index contributed by atoms with van der Waals surface area (Å²) in [4.78, 5) is 7.07. The lowest BCUT2D eigenvalue weighted by molar-refractivity contribution is -0.00544. The maximum Gasteiger partial charge on any atom is 0.129 e. The van der Waals surface area contributed by atoms with Crippen molar-refractivity contribution in [2.75, 3.05) is 18.0 Å². The average Bonchev–Trinajstić information content (AvgIpc) is 2.36. The minimum absolute atomic E-state index is 0.253. The number of nitrogens with zero attached hydrogens (tertiary/aromatic N) is 2. The predicted molar refractivity (Wildman–Crippen MR) is 81.7 cm³/mol. The van der Waals surface area contributed by atoms with E-state index in [1.165, 1.54) is 5.39 Å². The lowest BCUT2D eigenvalue weighted by atomic mass is 10.2. The Labute approximate surface area is 121 Å². The Bertz CT molecular complexity index is 592. The van der Waals surface area contributed by atoms with Crippen molar-refractivity contribution in [1.29, 1.82) is 0 Å². The molecule has 0 aliphatic carbocycles. The van der Waals surface area contributed by atoms with Crippen molar-refractivity contribution >= 4 is 32.7 Å². The highest BCUT2D eigenvalue weighted by Crippen LogP contribution is 2.23. The maximum absolute atomic E-state index is 5.77. The Balaban J connectivity index is 1.96. The summed E-state index contributed by atoms with van der Waals surface area (Å²) in [5, 5.41) is 1.17. The predicted octanol–water partition coefficient (Wildman–Crippen LogP) is 3.61. The van der Waals surface area contributed by atoms with Gasteiger partial charge in [0.15, 0.2) is 0 Å². The zero-order chi connectivity index (χ0) is 13.4. The van der Waals surface area contributed by atoms with Crippen LogP contribution < -0.4 is 4.90 Å². The Hall–Kier alpha value is -1.13. The van der Waals surface area contributed by atoms with E-state index in [2.05, 4.69) is 58.9 Å². The Morgan fingerprint density at radius 1 is 1.16 bits per heavy atom. The first-order valence-corrected chi connectivity index (χ1v) is 7.38. The molecule has 1 aromatic carbocycles. The fourth-order valence-electron chi connectivity index (χ4n) is 2.62. The quantitative estimate of drug-likeness (QED) is 0.802. The molecule has 2 atom stereocenters. The molecule has 0 saturated carbocycles. The summed E-state index contributed by atoms with van der Waals surface area (Å²) in [5.41, 5.74) is 1.03. The fraction of sp³-hybridized carbons (Fsp3) is 0.400. The van der Waals surface area contributed by atoms with Gasteiger partial charge in [-0.05, 0) is 38.1 Å². The third-order valence-electron chi connectivity index (χ3n) is 3.38. The molecule has 0 amide bonds. The second-order valence-corrected chi connectivity index (χ2v) is 6.08. The minimum atomic E-state index is 0.253. The first-order chi connectivity index (χ1) is 9.11. The van der Waals surface area contributed by atoms with Gasteiger partial charge in [-0.2, -0.15) is 0 Å². The monoisotopic (exact) mass is 320 g/mol. The number of aromatic nitrogens is 1. The van der Waals surface area contributed by atoms with Gasteiger partial charge in [0.05, 0.1) is 17.7 Å². The van der Waals surface area contributed by atoms with Crippen molar-refractivity contribution in [2.24, 2.45) is 0 Å². The lowest BCUT2D eigenvalue weighted by Crippen LogP contribution is -2.45. The Morgan fingerprint density at radius 2 is 1.84 bits per heavy atom. The molecule has 2 heterocycles. The molecule has 0 bridgehead atoms. The number of hydrogen-bond donors (Lipinski definition) is 0. The highest BCUT2D eigenvalue weighted by Gasteiger charge is 2.23. The van der Waals surface area contributed by atoms with Crippen LogP contribution in [0, 0.1) is 0 Å². The van der Waals surface area contributed by atoms with Crippen LogP contribution in [0.15, 0.2) is 34.8 Å². The first-order valence-electron chi connectivity index (χ1n) is 6.58. The third-order valence-corrected chi connectivity index (χ3v) is 3.88. The molecule has 0 N–H and O–H groups in total. The Kier molecular flexibility index (Phi) is 3.46. The molecule has 1 aromatic heterocycles.